The molecule has 0 aliphatic rings. The van der Waals surface area contributed by atoms with E-state index in [2.05, 4.69) is 20.7 Å². The molecule has 0 fully saturated rings. The van der Waals surface area contributed by atoms with E-state index in [0.29, 0.717) is 15.9 Å². The van der Waals surface area contributed by atoms with Gasteiger partial charge in [-0.05, 0) is 46.3 Å². The van der Waals surface area contributed by atoms with E-state index in [-0.39, 0.29) is 14.9 Å². The van der Waals surface area contributed by atoms with Crippen LogP contribution in [0, 0.1) is 0 Å². The second kappa shape index (κ2) is 6.44. The third-order valence-corrected chi connectivity index (χ3v) is 5.41. The Bertz CT molecular complexity index is 781. The first-order valence-corrected chi connectivity index (χ1v) is 8.68. The van der Waals surface area contributed by atoms with Crippen LogP contribution >= 0.6 is 39.1 Å². The Kier molecular flexibility index (Phi) is 5.03. The van der Waals surface area contributed by atoms with E-state index in [9.17, 15) is 8.42 Å². The van der Waals surface area contributed by atoms with Gasteiger partial charge in [0.15, 0.2) is 0 Å². The number of anilines is 1. The summed E-state index contributed by atoms with van der Waals surface area (Å²) in [5, 5.41) is 0.461. The summed E-state index contributed by atoms with van der Waals surface area (Å²) in [6, 6.07) is 9.07. The first-order valence-electron chi connectivity index (χ1n) is 5.65. The van der Waals surface area contributed by atoms with Crippen LogP contribution in [0.4, 0.5) is 5.69 Å². The minimum Gasteiger partial charge on any atom is -0.497 e. The van der Waals surface area contributed by atoms with Gasteiger partial charge in [-0.2, -0.15) is 0 Å². The summed E-state index contributed by atoms with van der Waals surface area (Å²) in [6.45, 7) is 0. The molecular weight excluding hydrogens is 401 g/mol. The highest BCUT2D eigenvalue weighted by Gasteiger charge is 2.17. The van der Waals surface area contributed by atoms with E-state index >= 15 is 0 Å². The van der Waals surface area contributed by atoms with Gasteiger partial charge in [0.1, 0.15) is 5.75 Å². The van der Waals surface area contributed by atoms with Crippen LogP contribution in [-0.2, 0) is 10.0 Å². The fraction of sp³-hybridized carbons (Fsp3) is 0.0769. The average molecular weight is 411 g/mol. The van der Waals surface area contributed by atoms with Crippen molar-refractivity contribution in [2.24, 2.45) is 0 Å². The van der Waals surface area contributed by atoms with Crippen molar-refractivity contribution in [1.82, 2.24) is 0 Å². The molecule has 0 saturated heterocycles. The van der Waals surface area contributed by atoms with E-state index in [1.807, 2.05) is 0 Å². The SMILES string of the molecule is COc1ccc(Br)c(NS(=O)(=O)c2ccc(Cl)c(Cl)c2)c1. The van der Waals surface area contributed by atoms with E-state index < -0.39 is 10.0 Å². The zero-order valence-corrected chi connectivity index (χ0v) is 14.6. The molecular formula is C13H10BrCl2NO3S. The molecule has 0 radical (unpaired) electrons. The average Bonchev–Trinajstić information content (AvgIpc) is 2.44. The van der Waals surface area contributed by atoms with Crippen molar-refractivity contribution in [3.8, 4) is 5.75 Å². The molecule has 4 nitrogen and oxygen atoms in total. The number of hydrogen-bond acceptors (Lipinski definition) is 3. The van der Waals surface area contributed by atoms with Crippen molar-refractivity contribution in [2.45, 2.75) is 4.90 Å². The third-order valence-electron chi connectivity index (χ3n) is 2.62. The molecule has 0 amide bonds. The van der Waals surface area contributed by atoms with E-state index in [0.717, 1.165) is 0 Å². The lowest BCUT2D eigenvalue weighted by Gasteiger charge is -2.11. The van der Waals surface area contributed by atoms with Gasteiger partial charge in [0.25, 0.3) is 10.0 Å². The lowest BCUT2D eigenvalue weighted by atomic mass is 10.3. The van der Waals surface area contributed by atoms with E-state index in [4.69, 9.17) is 27.9 Å². The predicted octanol–water partition coefficient (Wildman–Crippen LogP) is 4.57. The highest BCUT2D eigenvalue weighted by atomic mass is 79.9. The maximum absolute atomic E-state index is 12.3. The fourth-order valence-electron chi connectivity index (χ4n) is 1.56. The quantitative estimate of drug-likeness (QED) is 0.803. The van der Waals surface area contributed by atoms with Crippen LogP contribution in [-0.4, -0.2) is 15.5 Å². The molecule has 0 unspecified atom stereocenters. The normalized spacial score (nSPS) is 11.2. The molecule has 2 rings (SSSR count). The largest absolute Gasteiger partial charge is 0.497 e. The van der Waals surface area contributed by atoms with Gasteiger partial charge in [0, 0.05) is 10.5 Å². The van der Waals surface area contributed by atoms with Crippen LogP contribution in [0.1, 0.15) is 0 Å². The minimum absolute atomic E-state index is 0.0200. The van der Waals surface area contributed by atoms with Crippen LogP contribution in [0.2, 0.25) is 10.0 Å². The molecule has 2 aromatic carbocycles. The number of rotatable bonds is 4. The van der Waals surface area contributed by atoms with Crippen LogP contribution in [0.15, 0.2) is 45.8 Å². The molecule has 8 heteroatoms. The summed E-state index contributed by atoms with van der Waals surface area (Å²) >= 11 is 14.9. The minimum atomic E-state index is -3.78. The van der Waals surface area contributed by atoms with Crippen molar-refractivity contribution in [2.75, 3.05) is 11.8 Å². The molecule has 1 N–H and O–H groups in total. The van der Waals surface area contributed by atoms with Crippen LogP contribution in [0.5, 0.6) is 5.75 Å². The smallest absolute Gasteiger partial charge is 0.261 e. The number of hydrogen-bond donors (Lipinski definition) is 1. The van der Waals surface area contributed by atoms with Crippen LogP contribution < -0.4 is 9.46 Å². The number of benzene rings is 2. The Hall–Kier alpha value is -0.950. The molecule has 21 heavy (non-hydrogen) atoms. The van der Waals surface area contributed by atoms with Gasteiger partial charge >= 0.3 is 0 Å². The van der Waals surface area contributed by atoms with Gasteiger partial charge in [-0.3, -0.25) is 4.72 Å². The van der Waals surface area contributed by atoms with Crippen molar-refractivity contribution in [3.05, 3.63) is 50.9 Å². The molecule has 112 valence electrons. The van der Waals surface area contributed by atoms with E-state index in [1.165, 1.54) is 25.3 Å². The van der Waals surface area contributed by atoms with Crippen LogP contribution in [0.3, 0.4) is 0 Å². The molecule has 0 heterocycles. The highest BCUT2D eigenvalue weighted by Crippen LogP contribution is 2.30. The number of methoxy groups -OCH3 is 1. The summed E-state index contributed by atoms with van der Waals surface area (Å²) in [5.74, 6) is 0.532. The van der Waals surface area contributed by atoms with Gasteiger partial charge in [0.05, 0.1) is 27.7 Å². The zero-order valence-electron chi connectivity index (χ0n) is 10.7. The molecule has 0 bridgehead atoms. The Morgan fingerprint density at radius 3 is 2.43 bits per heavy atom. The summed E-state index contributed by atoms with van der Waals surface area (Å²) in [5.41, 5.74) is 0.362. The van der Waals surface area contributed by atoms with E-state index in [1.54, 1.807) is 18.2 Å². The standard InChI is InChI=1S/C13H10BrCl2NO3S/c1-20-8-2-4-10(14)13(6-8)17-21(18,19)9-3-5-11(15)12(16)7-9/h2-7,17H,1H3. The molecule has 0 aromatic heterocycles. The first kappa shape index (κ1) is 16.4. The van der Waals surface area contributed by atoms with Crippen LogP contribution in [0.25, 0.3) is 0 Å². The summed E-state index contributed by atoms with van der Waals surface area (Å²) in [7, 11) is -2.28. The molecule has 0 saturated carbocycles. The third kappa shape index (κ3) is 3.83. The predicted molar refractivity (Wildman–Crippen MR) is 88.0 cm³/mol. The maximum Gasteiger partial charge on any atom is 0.261 e. The Balaban J connectivity index is 2.39. The van der Waals surface area contributed by atoms with Gasteiger partial charge in [-0.25, -0.2) is 8.42 Å². The Labute approximate surface area is 141 Å². The summed E-state index contributed by atoms with van der Waals surface area (Å²) in [6.07, 6.45) is 0. The lowest BCUT2D eigenvalue weighted by molar-refractivity contribution is 0.415. The Morgan fingerprint density at radius 1 is 1.10 bits per heavy atom. The van der Waals surface area contributed by atoms with Gasteiger partial charge in [-0.15, -0.1) is 0 Å². The second-order valence-electron chi connectivity index (χ2n) is 4.03. The summed E-state index contributed by atoms with van der Waals surface area (Å²) < 4.78 is 32.8. The van der Waals surface area contributed by atoms with Gasteiger partial charge in [-0.1, -0.05) is 23.2 Å². The van der Waals surface area contributed by atoms with Gasteiger partial charge < -0.3 is 4.74 Å². The van der Waals surface area contributed by atoms with Crippen molar-refractivity contribution >= 4 is 54.8 Å². The zero-order chi connectivity index (χ0) is 15.6. The van der Waals surface area contributed by atoms with Crippen molar-refractivity contribution < 1.29 is 13.2 Å². The van der Waals surface area contributed by atoms with Gasteiger partial charge in [0.2, 0.25) is 0 Å². The van der Waals surface area contributed by atoms with Crippen molar-refractivity contribution in [1.29, 1.82) is 0 Å². The lowest BCUT2D eigenvalue weighted by Crippen LogP contribution is -2.13. The summed E-state index contributed by atoms with van der Waals surface area (Å²) in [4.78, 5) is 0.0200. The fourth-order valence-corrected chi connectivity index (χ4v) is 3.49. The second-order valence-corrected chi connectivity index (χ2v) is 7.38. The maximum atomic E-state index is 12.3. The number of sulfonamides is 1. The first-order chi connectivity index (χ1) is 9.83. The molecule has 0 atom stereocenters. The molecule has 0 aliphatic carbocycles. The highest BCUT2D eigenvalue weighted by molar-refractivity contribution is 9.10. The Morgan fingerprint density at radius 2 is 1.81 bits per heavy atom. The molecule has 0 aliphatic heterocycles. The number of ether oxygens (including phenoxy) is 1. The topological polar surface area (TPSA) is 55.4 Å². The number of halogens is 3. The number of nitrogens with one attached hydrogen (secondary N) is 1. The molecule has 0 spiro atoms. The van der Waals surface area contributed by atoms with Crippen molar-refractivity contribution in [3.63, 3.8) is 0 Å². The molecule has 2 aromatic rings. The monoisotopic (exact) mass is 409 g/mol.